The van der Waals surface area contributed by atoms with Crippen LogP contribution in [0.4, 0.5) is 22.0 Å². The minimum Gasteiger partial charge on any atom is -0.476 e. The number of aromatic nitrogens is 1. The van der Waals surface area contributed by atoms with E-state index >= 15 is 0 Å². The molecule has 10 heteroatoms. The highest BCUT2D eigenvalue weighted by Crippen LogP contribution is 2.32. The van der Waals surface area contributed by atoms with E-state index in [2.05, 4.69) is 9.72 Å². The fourth-order valence-corrected chi connectivity index (χ4v) is 1.46. The van der Waals surface area contributed by atoms with Crippen LogP contribution in [-0.2, 0) is 5.88 Å². The van der Waals surface area contributed by atoms with Crippen molar-refractivity contribution in [3.8, 4) is 5.75 Å². The number of carboxylic acid groups (broad SMARTS) is 1. The second kappa shape index (κ2) is 5.55. The molecule has 0 aliphatic rings. The Morgan fingerprint density at radius 1 is 1.47 bits per heavy atom. The summed E-state index contributed by atoms with van der Waals surface area (Å²) in [5, 5.41) is 8.72. The third-order valence-corrected chi connectivity index (χ3v) is 2.16. The van der Waals surface area contributed by atoms with Gasteiger partial charge < -0.3 is 9.84 Å². The van der Waals surface area contributed by atoms with E-state index in [4.69, 9.17) is 16.7 Å². The monoisotopic (exact) mass is 305 g/mol. The number of pyridine rings is 1. The Hall–Kier alpha value is -1.64. The molecule has 0 radical (unpaired) electrons. The molecule has 0 amide bonds. The summed E-state index contributed by atoms with van der Waals surface area (Å²) in [5.41, 5.74) is -2.78. The van der Waals surface area contributed by atoms with Gasteiger partial charge >= 0.3 is 12.3 Å². The van der Waals surface area contributed by atoms with Crippen molar-refractivity contribution in [2.45, 2.75) is 18.7 Å². The Balaban J connectivity index is 3.44. The van der Waals surface area contributed by atoms with Gasteiger partial charge in [-0.3, -0.25) is 0 Å². The molecule has 0 aliphatic heterocycles. The Morgan fingerprint density at radius 3 is 2.42 bits per heavy atom. The predicted molar refractivity (Wildman–Crippen MR) is 52.4 cm³/mol. The largest absolute Gasteiger partial charge is 0.573 e. The normalized spacial score (nSPS) is 11.7. The van der Waals surface area contributed by atoms with Crippen LogP contribution in [-0.4, -0.2) is 22.4 Å². The molecule has 1 heterocycles. The molecule has 0 saturated carbocycles. The predicted octanol–water partition coefficient (Wildman–Crippen LogP) is 3.35. The van der Waals surface area contributed by atoms with Crippen molar-refractivity contribution in [1.29, 1.82) is 0 Å². The zero-order valence-corrected chi connectivity index (χ0v) is 9.60. The summed E-state index contributed by atoms with van der Waals surface area (Å²) >= 11 is 5.30. The molecule has 0 atom stereocenters. The van der Waals surface area contributed by atoms with E-state index in [0.29, 0.717) is 6.07 Å². The number of carbonyl (C=O) groups is 1. The third kappa shape index (κ3) is 3.91. The lowest BCUT2D eigenvalue weighted by Crippen LogP contribution is -2.20. The number of carboxylic acids is 1. The summed E-state index contributed by atoms with van der Waals surface area (Å²) in [6.45, 7) is 0. The van der Waals surface area contributed by atoms with E-state index in [1.54, 1.807) is 0 Å². The van der Waals surface area contributed by atoms with E-state index < -0.39 is 47.3 Å². The van der Waals surface area contributed by atoms with Crippen molar-refractivity contribution < 1.29 is 36.6 Å². The molecule has 106 valence electrons. The number of alkyl halides is 6. The highest BCUT2D eigenvalue weighted by atomic mass is 35.5. The number of rotatable bonds is 4. The fourth-order valence-electron chi connectivity index (χ4n) is 1.20. The van der Waals surface area contributed by atoms with Crippen LogP contribution in [0.2, 0.25) is 0 Å². The second-order valence-corrected chi connectivity index (χ2v) is 3.43. The summed E-state index contributed by atoms with van der Waals surface area (Å²) in [6, 6.07) is 0.308. The van der Waals surface area contributed by atoms with Crippen LogP contribution < -0.4 is 4.74 Å². The second-order valence-electron chi connectivity index (χ2n) is 3.16. The van der Waals surface area contributed by atoms with Gasteiger partial charge in [0, 0.05) is 11.6 Å². The summed E-state index contributed by atoms with van der Waals surface area (Å²) < 4.78 is 64.7. The topological polar surface area (TPSA) is 59.4 Å². The molecular formula is C9H5ClF5NO3. The number of ether oxygens (including phenoxy) is 1. The summed E-state index contributed by atoms with van der Waals surface area (Å²) in [7, 11) is 0. The molecule has 0 aromatic carbocycles. The zero-order chi connectivity index (χ0) is 14.8. The number of hydrogen-bond acceptors (Lipinski definition) is 3. The smallest absolute Gasteiger partial charge is 0.476 e. The van der Waals surface area contributed by atoms with Gasteiger partial charge in [-0.1, -0.05) is 0 Å². The summed E-state index contributed by atoms with van der Waals surface area (Å²) in [6.07, 6.45) is -8.42. The van der Waals surface area contributed by atoms with Gasteiger partial charge in [0.2, 0.25) is 0 Å². The maximum absolute atomic E-state index is 12.4. The quantitative estimate of drug-likeness (QED) is 0.684. The van der Waals surface area contributed by atoms with Crippen molar-refractivity contribution in [3.05, 3.63) is 23.0 Å². The van der Waals surface area contributed by atoms with E-state index in [1.807, 2.05) is 0 Å². The number of nitrogens with zero attached hydrogens (tertiary/aromatic N) is 1. The SMILES string of the molecule is O=C(O)c1nc(C(F)F)cc(OC(F)(F)F)c1CCl. The molecule has 1 rings (SSSR count). The molecule has 0 unspecified atom stereocenters. The molecule has 19 heavy (non-hydrogen) atoms. The third-order valence-electron chi connectivity index (χ3n) is 1.89. The first-order chi connectivity index (χ1) is 8.65. The van der Waals surface area contributed by atoms with Crippen molar-refractivity contribution in [2.75, 3.05) is 0 Å². The number of hydrogen-bond donors (Lipinski definition) is 1. The van der Waals surface area contributed by atoms with Crippen molar-refractivity contribution >= 4 is 17.6 Å². The van der Waals surface area contributed by atoms with Gasteiger partial charge in [0.1, 0.15) is 11.4 Å². The van der Waals surface area contributed by atoms with Crippen LogP contribution >= 0.6 is 11.6 Å². The van der Waals surface area contributed by atoms with E-state index in [9.17, 15) is 26.7 Å². The summed E-state index contributed by atoms with van der Waals surface area (Å²) in [5.74, 6) is -3.58. The van der Waals surface area contributed by atoms with Crippen LogP contribution in [0.15, 0.2) is 6.07 Å². The molecule has 0 aliphatic carbocycles. The van der Waals surface area contributed by atoms with Gasteiger partial charge in [-0.2, -0.15) is 0 Å². The molecule has 4 nitrogen and oxygen atoms in total. The first-order valence-corrected chi connectivity index (χ1v) is 5.06. The van der Waals surface area contributed by atoms with Crippen LogP contribution in [0, 0.1) is 0 Å². The molecular weight excluding hydrogens is 301 g/mol. The minimum atomic E-state index is -5.17. The Morgan fingerprint density at radius 2 is 2.05 bits per heavy atom. The Kier molecular flexibility index (Phi) is 4.51. The van der Waals surface area contributed by atoms with Crippen LogP contribution in [0.3, 0.4) is 0 Å². The first kappa shape index (κ1) is 15.4. The minimum absolute atomic E-state index is 0.308. The van der Waals surface area contributed by atoms with Gasteiger partial charge in [0.25, 0.3) is 6.43 Å². The Labute approximate surface area is 107 Å². The molecule has 0 fully saturated rings. The lowest BCUT2D eigenvalue weighted by atomic mass is 10.1. The van der Waals surface area contributed by atoms with Crippen LogP contribution in [0.25, 0.3) is 0 Å². The molecule has 0 bridgehead atoms. The average molecular weight is 306 g/mol. The van der Waals surface area contributed by atoms with Crippen molar-refractivity contribution in [3.63, 3.8) is 0 Å². The van der Waals surface area contributed by atoms with Crippen LogP contribution in [0.1, 0.15) is 28.2 Å². The standard InChI is InChI=1S/C9H5ClF5NO3/c10-2-3-5(19-9(13,14)15)1-4(7(11)12)16-6(3)8(17)18/h1,7H,2H2,(H,17,18). The van der Waals surface area contributed by atoms with Gasteiger partial charge in [0.05, 0.1) is 5.88 Å². The van der Waals surface area contributed by atoms with Gasteiger partial charge in [-0.05, 0) is 0 Å². The molecule has 1 aromatic rings. The molecule has 1 N–H and O–H groups in total. The lowest BCUT2D eigenvalue weighted by molar-refractivity contribution is -0.275. The summed E-state index contributed by atoms with van der Waals surface area (Å²) in [4.78, 5) is 13.8. The average Bonchev–Trinajstić information content (AvgIpc) is 2.25. The lowest BCUT2D eigenvalue weighted by Gasteiger charge is -2.14. The highest BCUT2D eigenvalue weighted by Gasteiger charge is 2.34. The van der Waals surface area contributed by atoms with Crippen LogP contribution in [0.5, 0.6) is 5.75 Å². The van der Waals surface area contributed by atoms with E-state index in [-0.39, 0.29) is 0 Å². The van der Waals surface area contributed by atoms with E-state index in [1.165, 1.54) is 0 Å². The van der Waals surface area contributed by atoms with Gasteiger partial charge in [-0.15, -0.1) is 24.8 Å². The molecule has 0 spiro atoms. The highest BCUT2D eigenvalue weighted by molar-refractivity contribution is 6.17. The zero-order valence-electron chi connectivity index (χ0n) is 8.84. The van der Waals surface area contributed by atoms with Gasteiger partial charge in [-0.25, -0.2) is 18.6 Å². The first-order valence-electron chi connectivity index (χ1n) is 4.52. The maximum atomic E-state index is 12.4. The molecule has 0 saturated heterocycles. The maximum Gasteiger partial charge on any atom is 0.573 e. The number of halogens is 6. The van der Waals surface area contributed by atoms with Gasteiger partial charge in [0.15, 0.2) is 5.69 Å². The molecule has 1 aromatic heterocycles. The van der Waals surface area contributed by atoms with Crippen molar-refractivity contribution in [2.24, 2.45) is 0 Å². The van der Waals surface area contributed by atoms with Crippen molar-refractivity contribution in [1.82, 2.24) is 4.98 Å². The van der Waals surface area contributed by atoms with E-state index in [0.717, 1.165) is 0 Å². The number of aromatic carboxylic acids is 1. The fraction of sp³-hybridized carbons (Fsp3) is 0.333. The Bertz CT molecular complexity index is 491.